The van der Waals surface area contributed by atoms with Crippen LogP contribution in [0.25, 0.3) is 0 Å². The molecular formula is C8H14N4. The largest absolute Gasteiger partial charge is 0.337 e. The highest BCUT2D eigenvalue weighted by Crippen LogP contribution is 2.20. The molecule has 0 bridgehead atoms. The summed E-state index contributed by atoms with van der Waals surface area (Å²) in [6.45, 7) is 3.33. The van der Waals surface area contributed by atoms with Crippen LogP contribution in [0.2, 0.25) is 0 Å². The molecule has 1 unspecified atom stereocenters. The molecule has 66 valence electrons. The van der Waals surface area contributed by atoms with Crippen LogP contribution in [0.5, 0.6) is 0 Å². The Morgan fingerprint density at radius 2 is 2.42 bits per heavy atom. The van der Waals surface area contributed by atoms with Crippen molar-refractivity contribution in [3.63, 3.8) is 0 Å². The molecule has 0 aliphatic carbocycles. The van der Waals surface area contributed by atoms with Gasteiger partial charge in [0.1, 0.15) is 6.33 Å². The second kappa shape index (κ2) is 2.77. The van der Waals surface area contributed by atoms with Gasteiger partial charge in [0.05, 0.1) is 0 Å². The molecule has 4 heteroatoms. The predicted octanol–water partition coefficient (Wildman–Crippen LogP) is 0.804. The van der Waals surface area contributed by atoms with Crippen molar-refractivity contribution in [1.29, 1.82) is 0 Å². The van der Waals surface area contributed by atoms with Crippen LogP contribution in [-0.2, 0) is 7.05 Å². The average Bonchev–Trinajstić information content (AvgIpc) is 2.58. The Labute approximate surface area is 72.2 Å². The van der Waals surface area contributed by atoms with Crippen LogP contribution in [0.4, 0.5) is 5.95 Å². The van der Waals surface area contributed by atoms with Gasteiger partial charge >= 0.3 is 0 Å². The van der Waals surface area contributed by atoms with Gasteiger partial charge in [-0.15, -0.1) is 5.10 Å². The maximum atomic E-state index is 4.27. The molecule has 0 saturated carbocycles. The minimum absolute atomic E-state index is 0.604. The Hall–Kier alpha value is -1.06. The van der Waals surface area contributed by atoms with Gasteiger partial charge in [0, 0.05) is 19.6 Å². The van der Waals surface area contributed by atoms with E-state index in [1.807, 2.05) is 7.05 Å². The maximum absolute atomic E-state index is 4.27. The molecule has 0 spiro atoms. The van der Waals surface area contributed by atoms with Gasteiger partial charge in [0.15, 0.2) is 0 Å². The fraction of sp³-hybridized carbons (Fsp3) is 0.750. The standard InChI is InChI=1S/C8H14N4/c1-7-4-3-5-12(7)8-9-6-11(2)10-8/h6-7H,3-5H2,1-2H3. The Kier molecular flexibility index (Phi) is 1.75. The normalized spacial score (nSPS) is 23.5. The van der Waals surface area contributed by atoms with Crippen molar-refractivity contribution in [3.05, 3.63) is 6.33 Å². The van der Waals surface area contributed by atoms with Gasteiger partial charge in [-0.05, 0) is 19.8 Å². The van der Waals surface area contributed by atoms with Gasteiger partial charge in [-0.2, -0.15) is 0 Å². The minimum atomic E-state index is 0.604. The number of nitrogens with zero attached hydrogens (tertiary/aromatic N) is 4. The molecule has 1 aromatic heterocycles. The molecule has 0 N–H and O–H groups in total. The fourth-order valence-corrected chi connectivity index (χ4v) is 1.69. The zero-order chi connectivity index (χ0) is 8.55. The molecule has 1 aliphatic rings. The van der Waals surface area contributed by atoms with Crippen LogP contribution in [0, 0.1) is 0 Å². The summed E-state index contributed by atoms with van der Waals surface area (Å²) in [6.07, 6.45) is 4.28. The van der Waals surface area contributed by atoms with E-state index in [1.165, 1.54) is 12.8 Å². The van der Waals surface area contributed by atoms with E-state index in [0.717, 1.165) is 12.5 Å². The smallest absolute Gasteiger partial charge is 0.244 e. The van der Waals surface area contributed by atoms with Crippen molar-refractivity contribution in [2.45, 2.75) is 25.8 Å². The zero-order valence-corrected chi connectivity index (χ0v) is 7.56. The lowest BCUT2D eigenvalue weighted by Gasteiger charge is -2.18. The van der Waals surface area contributed by atoms with Crippen LogP contribution < -0.4 is 4.90 Å². The Morgan fingerprint density at radius 1 is 1.58 bits per heavy atom. The van der Waals surface area contributed by atoms with Crippen LogP contribution in [-0.4, -0.2) is 27.4 Å². The second-order valence-corrected chi connectivity index (χ2v) is 3.40. The Bertz CT molecular complexity index is 268. The van der Waals surface area contributed by atoms with Crippen molar-refractivity contribution < 1.29 is 0 Å². The van der Waals surface area contributed by atoms with E-state index in [2.05, 4.69) is 21.9 Å². The summed E-state index contributed by atoms with van der Waals surface area (Å²) in [5, 5.41) is 4.27. The molecule has 12 heavy (non-hydrogen) atoms. The minimum Gasteiger partial charge on any atom is -0.337 e. The summed E-state index contributed by atoms with van der Waals surface area (Å²) in [5.41, 5.74) is 0. The highest BCUT2D eigenvalue weighted by atomic mass is 15.4. The van der Waals surface area contributed by atoms with Crippen LogP contribution >= 0.6 is 0 Å². The van der Waals surface area contributed by atoms with E-state index in [1.54, 1.807) is 11.0 Å². The number of anilines is 1. The van der Waals surface area contributed by atoms with E-state index in [0.29, 0.717) is 6.04 Å². The van der Waals surface area contributed by atoms with Gasteiger partial charge in [-0.25, -0.2) is 4.98 Å². The maximum Gasteiger partial charge on any atom is 0.244 e. The number of hydrogen-bond acceptors (Lipinski definition) is 3. The number of aromatic nitrogens is 3. The summed E-state index contributed by atoms with van der Waals surface area (Å²) in [5.74, 6) is 0.877. The highest BCUT2D eigenvalue weighted by molar-refractivity contribution is 5.30. The summed E-state index contributed by atoms with van der Waals surface area (Å²) >= 11 is 0. The van der Waals surface area contributed by atoms with Crippen LogP contribution in [0.1, 0.15) is 19.8 Å². The van der Waals surface area contributed by atoms with E-state index in [9.17, 15) is 0 Å². The van der Waals surface area contributed by atoms with Crippen molar-refractivity contribution in [2.24, 2.45) is 7.05 Å². The third kappa shape index (κ3) is 1.17. The monoisotopic (exact) mass is 166 g/mol. The Morgan fingerprint density at radius 3 is 2.92 bits per heavy atom. The SMILES string of the molecule is CC1CCCN1c1ncn(C)n1. The van der Waals surface area contributed by atoms with Gasteiger partial charge in [-0.3, -0.25) is 4.68 Å². The first-order chi connectivity index (χ1) is 5.77. The highest BCUT2D eigenvalue weighted by Gasteiger charge is 2.22. The van der Waals surface area contributed by atoms with Crippen molar-refractivity contribution in [1.82, 2.24) is 14.8 Å². The molecule has 4 nitrogen and oxygen atoms in total. The van der Waals surface area contributed by atoms with E-state index < -0.39 is 0 Å². The molecule has 1 fully saturated rings. The molecule has 2 rings (SSSR count). The van der Waals surface area contributed by atoms with Crippen molar-refractivity contribution in [3.8, 4) is 0 Å². The second-order valence-electron chi connectivity index (χ2n) is 3.40. The summed E-state index contributed by atoms with van der Waals surface area (Å²) in [4.78, 5) is 6.49. The lowest BCUT2D eigenvalue weighted by atomic mass is 10.2. The summed E-state index contributed by atoms with van der Waals surface area (Å²) in [7, 11) is 1.90. The number of aryl methyl sites for hydroxylation is 1. The van der Waals surface area contributed by atoms with Crippen LogP contribution in [0.3, 0.4) is 0 Å². The van der Waals surface area contributed by atoms with E-state index in [4.69, 9.17) is 0 Å². The first-order valence-corrected chi connectivity index (χ1v) is 4.39. The quantitative estimate of drug-likeness (QED) is 0.619. The molecule has 1 aromatic rings. The fourth-order valence-electron chi connectivity index (χ4n) is 1.69. The lowest BCUT2D eigenvalue weighted by Crippen LogP contribution is -2.27. The third-order valence-corrected chi connectivity index (χ3v) is 2.40. The first-order valence-electron chi connectivity index (χ1n) is 4.39. The van der Waals surface area contributed by atoms with Gasteiger partial charge in [0.2, 0.25) is 5.95 Å². The first kappa shape index (κ1) is 7.58. The van der Waals surface area contributed by atoms with Crippen molar-refractivity contribution >= 4 is 5.95 Å². The number of rotatable bonds is 1. The number of hydrogen-bond donors (Lipinski definition) is 0. The molecule has 0 radical (unpaired) electrons. The van der Waals surface area contributed by atoms with Gasteiger partial charge in [-0.1, -0.05) is 0 Å². The summed E-state index contributed by atoms with van der Waals surface area (Å²) in [6, 6.07) is 0.604. The lowest BCUT2D eigenvalue weighted by molar-refractivity contribution is 0.701. The summed E-state index contributed by atoms with van der Waals surface area (Å²) < 4.78 is 1.75. The van der Waals surface area contributed by atoms with Gasteiger partial charge < -0.3 is 4.90 Å². The molecule has 1 aliphatic heterocycles. The molecular weight excluding hydrogens is 152 g/mol. The Balaban J connectivity index is 2.19. The zero-order valence-electron chi connectivity index (χ0n) is 7.56. The van der Waals surface area contributed by atoms with Crippen LogP contribution in [0.15, 0.2) is 6.33 Å². The molecule has 0 aromatic carbocycles. The van der Waals surface area contributed by atoms with Crippen molar-refractivity contribution in [2.75, 3.05) is 11.4 Å². The predicted molar refractivity (Wildman–Crippen MR) is 47.0 cm³/mol. The molecule has 2 heterocycles. The third-order valence-electron chi connectivity index (χ3n) is 2.40. The van der Waals surface area contributed by atoms with E-state index in [-0.39, 0.29) is 0 Å². The molecule has 0 amide bonds. The van der Waals surface area contributed by atoms with Gasteiger partial charge in [0.25, 0.3) is 0 Å². The molecule has 1 saturated heterocycles. The van der Waals surface area contributed by atoms with E-state index >= 15 is 0 Å². The average molecular weight is 166 g/mol. The topological polar surface area (TPSA) is 34.0 Å². The molecule has 1 atom stereocenters.